The molecule has 2 aliphatic heterocycles. The van der Waals surface area contributed by atoms with Crippen molar-refractivity contribution >= 4 is 23.3 Å². The third-order valence-electron chi connectivity index (χ3n) is 6.86. The number of benzene rings is 2. The summed E-state index contributed by atoms with van der Waals surface area (Å²) in [6.07, 6.45) is -2.15. The Morgan fingerprint density at radius 3 is 2.21 bits per heavy atom. The Bertz CT molecular complexity index is 1370. The average molecular weight is 541 g/mol. The Kier molecular flexibility index (Phi) is 7.85. The van der Waals surface area contributed by atoms with Crippen LogP contribution >= 0.6 is 0 Å². The van der Waals surface area contributed by atoms with Gasteiger partial charge in [-0.3, -0.25) is 4.90 Å². The van der Waals surface area contributed by atoms with Crippen molar-refractivity contribution in [2.24, 2.45) is 5.73 Å². The summed E-state index contributed by atoms with van der Waals surface area (Å²) in [5, 5.41) is 10.1. The van der Waals surface area contributed by atoms with Crippen molar-refractivity contribution in [1.29, 1.82) is 5.26 Å². The van der Waals surface area contributed by atoms with Crippen LogP contribution in [-0.2, 0) is 25.2 Å². The zero-order chi connectivity index (χ0) is 28.3. The zero-order valence-electron chi connectivity index (χ0n) is 21.4. The molecule has 0 bridgehead atoms. The number of methoxy groups -OCH3 is 2. The number of halogens is 3. The quantitative estimate of drug-likeness (QED) is 0.549. The van der Waals surface area contributed by atoms with Gasteiger partial charge in [0.2, 0.25) is 0 Å². The molecule has 2 aliphatic rings. The van der Waals surface area contributed by atoms with Crippen LogP contribution in [0.3, 0.4) is 0 Å². The van der Waals surface area contributed by atoms with Crippen molar-refractivity contribution in [3.63, 3.8) is 0 Å². The largest absolute Gasteiger partial charge is 0.466 e. The van der Waals surface area contributed by atoms with E-state index in [1.165, 1.54) is 12.1 Å². The van der Waals surface area contributed by atoms with E-state index in [1.807, 2.05) is 11.0 Å². The molecule has 2 heterocycles. The predicted molar refractivity (Wildman–Crippen MR) is 137 cm³/mol. The number of alkyl halides is 3. The van der Waals surface area contributed by atoms with Gasteiger partial charge in [-0.1, -0.05) is 30.3 Å². The minimum absolute atomic E-state index is 0.220. The first-order chi connectivity index (χ1) is 18.6. The van der Waals surface area contributed by atoms with Crippen LogP contribution in [0.15, 0.2) is 71.2 Å². The van der Waals surface area contributed by atoms with Crippen molar-refractivity contribution in [2.45, 2.75) is 31.4 Å². The molecule has 0 aliphatic carbocycles. The van der Waals surface area contributed by atoms with Crippen molar-refractivity contribution in [2.75, 3.05) is 37.1 Å². The van der Waals surface area contributed by atoms with Gasteiger partial charge in [0, 0.05) is 18.8 Å². The van der Waals surface area contributed by atoms with Crippen molar-refractivity contribution < 1.29 is 32.2 Å². The molecule has 0 amide bonds. The molecule has 2 aromatic carbocycles. The zero-order valence-corrected chi connectivity index (χ0v) is 21.4. The molecule has 1 fully saturated rings. The van der Waals surface area contributed by atoms with Crippen LogP contribution < -0.4 is 15.5 Å². The molecule has 0 aromatic heterocycles. The number of hydrogen-bond donors (Lipinski definition) is 1. The summed E-state index contributed by atoms with van der Waals surface area (Å²) in [7, 11) is 2.10. The van der Waals surface area contributed by atoms with E-state index in [0.29, 0.717) is 24.3 Å². The maximum absolute atomic E-state index is 14.5. The van der Waals surface area contributed by atoms with Gasteiger partial charge in [-0.15, -0.1) is 0 Å². The Morgan fingerprint density at radius 1 is 1.00 bits per heavy atom. The Hall–Kier alpha value is -4.46. The molecule has 204 valence electrons. The first-order valence-electron chi connectivity index (χ1n) is 12.3. The fourth-order valence-corrected chi connectivity index (χ4v) is 5.06. The van der Waals surface area contributed by atoms with E-state index < -0.39 is 46.8 Å². The third-order valence-corrected chi connectivity index (χ3v) is 6.86. The van der Waals surface area contributed by atoms with Gasteiger partial charge >= 0.3 is 18.1 Å². The van der Waals surface area contributed by atoms with E-state index >= 15 is 0 Å². The maximum Gasteiger partial charge on any atom is 0.418 e. The lowest BCUT2D eigenvalue weighted by Gasteiger charge is -2.37. The second kappa shape index (κ2) is 11.1. The van der Waals surface area contributed by atoms with E-state index in [-0.39, 0.29) is 11.1 Å². The van der Waals surface area contributed by atoms with Gasteiger partial charge in [-0.25, -0.2) is 9.59 Å². The molecule has 39 heavy (non-hydrogen) atoms. The average Bonchev–Trinajstić information content (AvgIpc) is 2.95. The lowest BCUT2D eigenvalue weighted by molar-refractivity contribution is -0.139. The second-order valence-corrected chi connectivity index (χ2v) is 9.08. The fraction of sp³-hybridized carbons (Fsp3) is 0.321. The van der Waals surface area contributed by atoms with E-state index in [0.717, 1.165) is 44.4 Å². The Morgan fingerprint density at radius 2 is 1.64 bits per heavy atom. The van der Waals surface area contributed by atoms with Crippen LogP contribution in [0.5, 0.6) is 0 Å². The monoisotopic (exact) mass is 540 g/mol. The molecule has 0 spiro atoms. The highest BCUT2D eigenvalue weighted by Crippen LogP contribution is 2.47. The SMILES string of the molecule is COC(=O)C1=C(C(=O)OC)N(c2ccc(N3CCCCC3)cc2C(F)(F)F)C(N)=C(C#N)C1c1ccccc1. The summed E-state index contributed by atoms with van der Waals surface area (Å²) in [6.45, 7) is 1.22. The molecule has 8 nitrogen and oxygen atoms in total. The summed E-state index contributed by atoms with van der Waals surface area (Å²) in [6, 6.07) is 13.9. The molecular weight excluding hydrogens is 513 g/mol. The van der Waals surface area contributed by atoms with Crippen molar-refractivity contribution in [3.8, 4) is 6.07 Å². The molecule has 4 rings (SSSR count). The molecule has 0 saturated carbocycles. The first-order valence-corrected chi connectivity index (χ1v) is 12.3. The highest BCUT2D eigenvalue weighted by molar-refractivity contribution is 6.06. The van der Waals surface area contributed by atoms with E-state index in [4.69, 9.17) is 15.2 Å². The highest BCUT2D eigenvalue weighted by Gasteiger charge is 2.45. The molecule has 0 radical (unpaired) electrons. The summed E-state index contributed by atoms with van der Waals surface area (Å²) in [4.78, 5) is 29.0. The molecule has 2 aromatic rings. The van der Waals surface area contributed by atoms with Crippen LogP contribution in [0.1, 0.15) is 36.3 Å². The first kappa shape index (κ1) is 27.6. The number of piperidine rings is 1. The second-order valence-electron chi connectivity index (χ2n) is 9.08. The molecule has 1 saturated heterocycles. The van der Waals surface area contributed by atoms with E-state index in [2.05, 4.69) is 0 Å². The highest BCUT2D eigenvalue weighted by atomic mass is 19.4. The number of carbonyl (C=O) groups is 2. The molecule has 1 atom stereocenters. The number of nitriles is 1. The number of ether oxygens (including phenoxy) is 2. The minimum atomic E-state index is -4.86. The molecule has 11 heteroatoms. The summed E-state index contributed by atoms with van der Waals surface area (Å²) in [5.74, 6) is -3.76. The van der Waals surface area contributed by atoms with Crippen LogP contribution in [0.2, 0.25) is 0 Å². The normalized spacial score (nSPS) is 18.1. The van der Waals surface area contributed by atoms with Gasteiger partial charge in [0.25, 0.3) is 0 Å². The number of nitrogens with two attached hydrogens (primary N) is 1. The van der Waals surface area contributed by atoms with Crippen molar-refractivity contribution in [1.82, 2.24) is 0 Å². The summed E-state index contributed by atoms with van der Waals surface area (Å²) in [5.41, 5.74) is 4.40. The van der Waals surface area contributed by atoms with Crippen LogP contribution in [-0.4, -0.2) is 39.2 Å². The van der Waals surface area contributed by atoms with Gasteiger partial charge in [-0.2, -0.15) is 18.4 Å². The lowest BCUT2D eigenvalue weighted by Crippen LogP contribution is -2.41. The van der Waals surface area contributed by atoms with Gasteiger partial charge in [0.05, 0.1) is 48.6 Å². The van der Waals surface area contributed by atoms with Crippen LogP contribution in [0.25, 0.3) is 0 Å². The van der Waals surface area contributed by atoms with Gasteiger partial charge in [-0.05, 0) is 43.0 Å². The van der Waals surface area contributed by atoms with E-state index in [1.54, 1.807) is 30.3 Å². The van der Waals surface area contributed by atoms with Crippen LogP contribution in [0, 0.1) is 11.3 Å². The number of carbonyl (C=O) groups excluding carboxylic acids is 2. The van der Waals surface area contributed by atoms with Gasteiger partial charge < -0.3 is 20.1 Å². The summed E-state index contributed by atoms with van der Waals surface area (Å²) < 4.78 is 53.5. The molecule has 2 N–H and O–H groups in total. The van der Waals surface area contributed by atoms with Gasteiger partial charge in [0.1, 0.15) is 11.5 Å². The number of allylic oxidation sites excluding steroid dienone is 1. The standard InChI is InChI=1S/C28H27F3N4O4/c1-38-26(36)23-22(17-9-5-3-6-10-17)19(16-32)25(33)35(24(23)27(37)39-2)21-12-11-18(15-20(21)28(29,30)31)34-13-7-4-8-14-34/h3,5-6,9-12,15,22H,4,7-8,13-14,33H2,1-2H3. The Balaban J connectivity index is 2.04. The summed E-state index contributed by atoms with van der Waals surface area (Å²) >= 11 is 0. The number of nitrogens with zero attached hydrogens (tertiary/aromatic N) is 3. The smallest absolute Gasteiger partial charge is 0.418 e. The fourth-order valence-electron chi connectivity index (χ4n) is 5.06. The number of esters is 2. The van der Waals surface area contributed by atoms with Crippen molar-refractivity contribution in [3.05, 3.63) is 82.3 Å². The van der Waals surface area contributed by atoms with E-state index in [9.17, 15) is 28.0 Å². The number of anilines is 2. The molecular formula is C28H27F3N4O4. The number of rotatable bonds is 5. The third kappa shape index (κ3) is 5.14. The van der Waals surface area contributed by atoms with Gasteiger partial charge in [0.15, 0.2) is 0 Å². The lowest BCUT2D eigenvalue weighted by atomic mass is 9.80. The number of hydrogen-bond acceptors (Lipinski definition) is 8. The Labute approximate surface area is 223 Å². The topological polar surface area (TPSA) is 109 Å². The predicted octanol–water partition coefficient (Wildman–Crippen LogP) is 4.59. The minimum Gasteiger partial charge on any atom is -0.466 e. The molecule has 1 unspecified atom stereocenters. The maximum atomic E-state index is 14.5. The van der Waals surface area contributed by atoms with Crippen LogP contribution in [0.4, 0.5) is 24.5 Å².